The summed E-state index contributed by atoms with van der Waals surface area (Å²) in [5.41, 5.74) is 0.379. The van der Waals surface area contributed by atoms with Gasteiger partial charge < -0.3 is 0 Å². The van der Waals surface area contributed by atoms with Crippen molar-refractivity contribution in [1.82, 2.24) is 0 Å². The standard InChI is InChI=1S/C27H49NS.HI/c1-3-4-5-6-7-8-9-10-11-12-13-14-15-16-26(29-2)28-27-20-23-17-24(21-27)19-25(18-23)22-27;/h23-25H,3-22H2,1-2H3;1H/b28-26-;. The van der Waals surface area contributed by atoms with Gasteiger partial charge in [0.1, 0.15) is 0 Å². The molecule has 4 bridgehead atoms. The first kappa shape index (κ1) is 27.0. The van der Waals surface area contributed by atoms with E-state index in [0.29, 0.717) is 5.54 Å². The van der Waals surface area contributed by atoms with Crippen LogP contribution in [0.3, 0.4) is 0 Å². The Morgan fingerprint density at radius 1 is 0.700 bits per heavy atom. The average Bonchev–Trinajstić information content (AvgIpc) is 2.69. The fourth-order valence-electron chi connectivity index (χ4n) is 6.96. The van der Waals surface area contributed by atoms with Gasteiger partial charge in [0.25, 0.3) is 0 Å². The Morgan fingerprint density at radius 3 is 1.50 bits per heavy atom. The highest BCUT2D eigenvalue weighted by Crippen LogP contribution is 2.57. The molecule has 0 radical (unpaired) electrons. The van der Waals surface area contributed by atoms with Crippen LogP contribution in [-0.2, 0) is 0 Å². The van der Waals surface area contributed by atoms with Crippen LogP contribution in [0.4, 0.5) is 0 Å². The highest BCUT2D eigenvalue weighted by Gasteiger charge is 2.51. The van der Waals surface area contributed by atoms with Crippen LogP contribution in [0.5, 0.6) is 0 Å². The summed E-state index contributed by atoms with van der Waals surface area (Å²) >= 11 is 1.95. The lowest BCUT2D eigenvalue weighted by atomic mass is 9.53. The molecule has 4 rings (SSSR count). The van der Waals surface area contributed by atoms with Crippen LogP contribution >= 0.6 is 35.7 Å². The van der Waals surface area contributed by atoms with Crippen LogP contribution in [0.1, 0.15) is 135 Å². The minimum absolute atomic E-state index is 0. The molecule has 3 heteroatoms. The second kappa shape index (κ2) is 14.8. The molecule has 0 N–H and O–H groups in total. The lowest BCUT2D eigenvalue weighted by molar-refractivity contribution is 0.00175. The zero-order valence-electron chi connectivity index (χ0n) is 20.1. The van der Waals surface area contributed by atoms with E-state index in [-0.39, 0.29) is 24.0 Å². The summed E-state index contributed by atoms with van der Waals surface area (Å²) in [7, 11) is 0. The zero-order chi connectivity index (χ0) is 20.4. The molecule has 4 fully saturated rings. The third-order valence-electron chi connectivity index (χ3n) is 8.10. The fraction of sp³-hybridized carbons (Fsp3) is 0.963. The third kappa shape index (κ3) is 8.94. The van der Waals surface area contributed by atoms with E-state index >= 15 is 0 Å². The minimum Gasteiger partial charge on any atom is -0.276 e. The van der Waals surface area contributed by atoms with Crippen LogP contribution in [0.25, 0.3) is 0 Å². The van der Waals surface area contributed by atoms with Gasteiger partial charge in [0, 0.05) is 0 Å². The van der Waals surface area contributed by atoms with Crippen LogP contribution in [0.2, 0.25) is 0 Å². The van der Waals surface area contributed by atoms with Gasteiger partial charge in [-0.15, -0.1) is 35.7 Å². The lowest BCUT2D eigenvalue weighted by Crippen LogP contribution is -2.49. The van der Waals surface area contributed by atoms with E-state index in [1.165, 1.54) is 133 Å². The van der Waals surface area contributed by atoms with Crippen LogP contribution < -0.4 is 0 Å². The molecule has 4 aliphatic carbocycles. The highest BCUT2D eigenvalue weighted by atomic mass is 127. The highest BCUT2D eigenvalue weighted by molar-refractivity contribution is 14.0. The van der Waals surface area contributed by atoms with Crippen molar-refractivity contribution in [3.63, 3.8) is 0 Å². The Labute approximate surface area is 209 Å². The topological polar surface area (TPSA) is 12.4 Å². The van der Waals surface area contributed by atoms with Gasteiger partial charge in [-0.1, -0.05) is 84.0 Å². The van der Waals surface area contributed by atoms with Gasteiger partial charge in [0.05, 0.1) is 10.6 Å². The molecular formula is C27H50INS. The quantitative estimate of drug-likeness (QED) is 0.0860. The smallest absolute Gasteiger partial charge is 0.0680 e. The summed E-state index contributed by atoms with van der Waals surface area (Å²) in [6.45, 7) is 2.30. The van der Waals surface area contributed by atoms with Crippen molar-refractivity contribution >= 4 is 40.8 Å². The number of hydrogen-bond donors (Lipinski definition) is 0. The second-order valence-electron chi connectivity index (χ2n) is 10.8. The van der Waals surface area contributed by atoms with Crippen molar-refractivity contribution < 1.29 is 0 Å². The minimum atomic E-state index is 0. The van der Waals surface area contributed by atoms with E-state index in [1.807, 2.05) is 11.8 Å². The Balaban J connectivity index is 0.00000320. The van der Waals surface area contributed by atoms with Crippen LogP contribution in [0.15, 0.2) is 4.99 Å². The molecule has 176 valence electrons. The average molecular weight is 548 g/mol. The summed E-state index contributed by atoms with van der Waals surface area (Å²) < 4.78 is 0. The SMILES string of the molecule is CCCCCCCCCCCCCCC/C(=N/C12CC3CC(CC(C3)C1)C2)SC.I. The van der Waals surface area contributed by atoms with Crippen molar-refractivity contribution in [1.29, 1.82) is 0 Å². The first-order valence-electron chi connectivity index (χ1n) is 13.4. The number of rotatable bonds is 15. The molecule has 30 heavy (non-hydrogen) atoms. The van der Waals surface area contributed by atoms with Gasteiger partial charge >= 0.3 is 0 Å². The molecule has 0 heterocycles. The van der Waals surface area contributed by atoms with E-state index in [0.717, 1.165) is 17.8 Å². The van der Waals surface area contributed by atoms with Crippen LogP contribution in [0, 0.1) is 17.8 Å². The number of thioether (sulfide) groups is 1. The van der Waals surface area contributed by atoms with Crippen molar-refractivity contribution in [3.05, 3.63) is 0 Å². The van der Waals surface area contributed by atoms with Gasteiger partial charge in [0.15, 0.2) is 0 Å². The molecule has 4 aliphatic rings. The largest absolute Gasteiger partial charge is 0.276 e. The van der Waals surface area contributed by atoms with Crippen molar-refractivity contribution in [3.8, 4) is 0 Å². The van der Waals surface area contributed by atoms with Crippen molar-refractivity contribution in [2.24, 2.45) is 22.7 Å². The van der Waals surface area contributed by atoms with Gasteiger partial charge in [-0.2, -0.15) is 0 Å². The van der Waals surface area contributed by atoms with E-state index in [9.17, 15) is 0 Å². The number of aliphatic imine (C=N–C) groups is 1. The Bertz CT molecular complexity index is 454. The van der Waals surface area contributed by atoms with Gasteiger partial charge in [0.2, 0.25) is 0 Å². The Morgan fingerprint density at radius 2 is 1.10 bits per heavy atom. The molecule has 0 unspecified atom stereocenters. The normalized spacial score (nSPS) is 29.9. The van der Waals surface area contributed by atoms with Crippen molar-refractivity contribution in [2.45, 2.75) is 141 Å². The van der Waals surface area contributed by atoms with Gasteiger partial charge in [-0.3, -0.25) is 4.99 Å². The summed E-state index contributed by atoms with van der Waals surface area (Å²) in [5.74, 6) is 3.05. The van der Waals surface area contributed by atoms with E-state index < -0.39 is 0 Å². The molecule has 0 spiro atoms. The third-order valence-corrected chi connectivity index (χ3v) is 8.86. The summed E-state index contributed by atoms with van der Waals surface area (Å²) in [6.07, 6.45) is 31.1. The lowest BCUT2D eigenvalue weighted by Gasteiger charge is -2.55. The van der Waals surface area contributed by atoms with Crippen LogP contribution in [-0.4, -0.2) is 16.8 Å². The first-order valence-corrected chi connectivity index (χ1v) is 14.6. The second-order valence-corrected chi connectivity index (χ2v) is 11.7. The molecule has 4 saturated carbocycles. The maximum atomic E-state index is 5.46. The molecule has 1 nitrogen and oxygen atoms in total. The molecule has 0 aromatic carbocycles. The predicted octanol–water partition coefficient (Wildman–Crippen LogP) is 9.82. The fourth-order valence-corrected chi connectivity index (χ4v) is 7.60. The van der Waals surface area contributed by atoms with Gasteiger partial charge in [-0.05, 0) is 75.4 Å². The van der Waals surface area contributed by atoms with Crippen molar-refractivity contribution in [2.75, 3.05) is 6.26 Å². The molecule has 0 atom stereocenters. The monoisotopic (exact) mass is 547 g/mol. The summed E-state index contributed by atoms with van der Waals surface area (Å²) in [4.78, 5) is 5.46. The molecule has 0 amide bonds. The molecule has 0 aromatic heterocycles. The molecule has 0 aromatic rings. The molecular weight excluding hydrogens is 497 g/mol. The predicted molar refractivity (Wildman–Crippen MR) is 148 cm³/mol. The Kier molecular flexibility index (Phi) is 13.3. The number of unbranched alkanes of at least 4 members (excludes halogenated alkanes) is 12. The number of halogens is 1. The zero-order valence-corrected chi connectivity index (χ0v) is 23.3. The summed E-state index contributed by atoms with van der Waals surface area (Å²) in [5, 5.41) is 1.48. The van der Waals surface area contributed by atoms with E-state index in [4.69, 9.17) is 4.99 Å². The number of nitrogens with zero attached hydrogens (tertiary/aromatic N) is 1. The maximum absolute atomic E-state index is 5.46. The Hall–Kier alpha value is 0.750. The maximum Gasteiger partial charge on any atom is 0.0680 e. The molecule has 0 saturated heterocycles. The van der Waals surface area contributed by atoms with E-state index in [1.54, 1.807) is 0 Å². The summed E-state index contributed by atoms with van der Waals surface area (Å²) in [6, 6.07) is 0. The molecule has 0 aliphatic heterocycles. The number of hydrogen-bond acceptors (Lipinski definition) is 2. The van der Waals surface area contributed by atoms with E-state index in [2.05, 4.69) is 13.2 Å². The first-order chi connectivity index (χ1) is 14.2. The van der Waals surface area contributed by atoms with Gasteiger partial charge in [-0.25, -0.2) is 0 Å².